The van der Waals surface area contributed by atoms with Crippen LogP contribution in [0.3, 0.4) is 0 Å². The Labute approximate surface area is 129 Å². The Balaban J connectivity index is 1.93. The van der Waals surface area contributed by atoms with Crippen molar-refractivity contribution in [2.24, 2.45) is 0 Å². The summed E-state index contributed by atoms with van der Waals surface area (Å²) < 4.78 is 15.1. The zero-order chi connectivity index (χ0) is 15.5. The molecular formula is C14H9ClFN5O. The SMILES string of the molecule is O=C(Nc1ccc(Cl)cc1F)c1ccccc1-n1cnnn1. The Kier molecular flexibility index (Phi) is 3.80. The molecule has 3 aromatic rings. The van der Waals surface area contributed by atoms with Gasteiger partial charge in [-0.3, -0.25) is 4.79 Å². The van der Waals surface area contributed by atoms with E-state index < -0.39 is 11.7 Å². The molecule has 3 rings (SSSR count). The summed E-state index contributed by atoms with van der Waals surface area (Å²) in [7, 11) is 0. The predicted octanol–water partition coefficient (Wildman–Crippen LogP) is 2.71. The lowest BCUT2D eigenvalue weighted by atomic mass is 10.1. The molecule has 0 saturated heterocycles. The molecule has 1 heterocycles. The van der Waals surface area contributed by atoms with Crippen LogP contribution in [-0.4, -0.2) is 26.1 Å². The van der Waals surface area contributed by atoms with Crippen molar-refractivity contribution in [2.45, 2.75) is 0 Å². The lowest BCUT2D eigenvalue weighted by Gasteiger charge is -2.10. The molecule has 0 fully saturated rings. The molecule has 22 heavy (non-hydrogen) atoms. The summed E-state index contributed by atoms with van der Waals surface area (Å²) in [6, 6.07) is 10.7. The van der Waals surface area contributed by atoms with E-state index in [1.165, 1.54) is 23.1 Å². The van der Waals surface area contributed by atoms with Crippen molar-refractivity contribution in [3.05, 3.63) is 65.2 Å². The zero-order valence-corrected chi connectivity index (χ0v) is 11.8. The second-order valence-corrected chi connectivity index (χ2v) is 4.79. The first kappa shape index (κ1) is 14.2. The van der Waals surface area contributed by atoms with Crippen molar-refractivity contribution >= 4 is 23.2 Å². The summed E-state index contributed by atoms with van der Waals surface area (Å²) in [6.45, 7) is 0. The molecule has 6 nitrogen and oxygen atoms in total. The zero-order valence-electron chi connectivity index (χ0n) is 11.1. The van der Waals surface area contributed by atoms with Crippen LogP contribution in [0, 0.1) is 5.82 Å². The smallest absolute Gasteiger partial charge is 0.257 e. The van der Waals surface area contributed by atoms with Gasteiger partial charge in [-0.25, -0.2) is 4.39 Å². The van der Waals surface area contributed by atoms with Gasteiger partial charge in [-0.1, -0.05) is 23.7 Å². The topological polar surface area (TPSA) is 72.7 Å². The quantitative estimate of drug-likeness (QED) is 0.806. The number of anilines is 1. The van der Waals surface area contributed by atoms with Crippen LogP contribution >= 0.6 is 11.6 Å². The molecule has 0 radical (unpaired) electrons. The van der Waals surface area contributed by atoms with Crippen LogP contribution in [0.15, 0.2) is 48.8 Å². The van der Waals surface area contributed by atoms with Gasteiger partial charge in [0.15, 0.2) is 0 Å². The van der Waals surface area contributed by atoms with Crippen LogP contribution in [0.25, 0.3) is 5.69 Å². The molecule has 110 valence electrons. The van der Waals surface area contributed by atoms with Gasteiger partial charge in [0.1, 0.15) is 12.1 Å². The van der Waals surface area contributed by atoms with Gasteiger partial charge in [0.25, 0.3) is 5.91 Å². The third-order valence-corrected chi connectivity index (χ3v) is 3.16. The normalized spacial score (nSPS) is 10.5. The Morgan fingerprint density at radius 2 is 2.05 bits per heavy atom. The molecule has 1 amide bonds. The van der Waals surface area contributed by atoms with Gasteiger partial charge in [-0.2, -0.15) is 4.68 Å². The van der Waals surface area contributed by atoms with E-state index in [0.717, 1.165) is 6.07 Å². The summed E-state index contributed by atoms with van der Waals surface area (Å²) in [4.78, 5) is 12.4. The standard InChI is InChI=1S/C14H9ClFN5O/c15-9-5-6-12(11(16)7-9)18-14(22)10-3-1-2-4-13(10)21-8-17-19-20-21/h1-8H,(H,18,22). The highest BCUT2D eigenvalue weighted by Crippen LogP contribution is 2.21. The second kappa shape index (κ2) is 5.90. The maximum Gasteiger partial charge on any atom is 0.257 e. The van der Waals surface area contributed by atoms with Crippen LogP contribution < -0.4 is 5.32 Å². The third-order valence-electron chi connectivity index (χ3n) is 2.92. The summed E-state index contributed by atoms with van der Waals surface area (Å²) in [6.07, 6.45) is 1.37. The average molecular weight is 318 g/mol. The van der Waals surface area contributed by atoms with E-state index in [1.54, 1.807) is 24.3 Å². The van der Waals surface area contributed by atoms with Crippen molar-refractivity contribution in [3.63, 3.8) is 0 Å². The second-order valence-electron chi connectivity index (χ2n) is 4.35. The van der Waals surface area contributed by atoms with Crippen LogP contribution in [-0.2, 0) is 0 Å². The Bertz CT molecular complexity index is 822. The number of halogens is 2. The van der Waals surface area contributed by atoms with Gasteiger partial charge < -0.3 is 5.32 Å². The number of para-hydroxylation sites is 1. The molecular weight excluding hydrogens is 309 g/mol. The molecule has 0 spiro atoms. The van der Waals surface area contributed by atoms with E-state index in [9.17, 15) is 9.18 Å². The van der Waals surface area contributed by atoms with Gasteiger partial charge in [-0.05, 0) is 40.8 Å². The lowest BCUT2D eigenvalue weighted by Crippen LogP contribution is -2.16. The first-order chi connectivity index (χ1) is 10.6. The van der Waals surface area contributed by atoms with Crippen molar-refractivity contribution in [3.8, 4) is 5.69 Å². The minimum atomic E-state index is -0.610. The summed E-state index contributed by atoms with van der Waals surface area (Å²) >= 11 is 5.69. The van der Waals surface area contributed by atoms with E-state index in [4.69, 9.17) is 11.6 Å². The van der Waals surface area contributed by atoms with Gasteiger partial charge in [-0.15, -0.1) is 5.10 Å². The fraction of sp³-hybridized carbons (Fsp3) is 0. The van der Waals surface area contributed by atoms with Crippen molar-refractivity contribution in [1.82, 2.24) is 20.2 Å². The maximum atomic E-state index is 13.8. The molecule has 1 N–H and O–H groups in total. The fourth-order valence-electron chi connectivity index (χ4n) is 1.92. The fourth-order valence-corrected chi connectivity index (χ4v) is 2.08. The molecule has 2 aromatic carbocycles. The number of nitrogens with one attached hydrogen (secondary N) is 1. The summed E-state index contributed by atoms with van der Waals surface area (Å²) in [5, 5.41) is 13.6. The molecule has 0 aliphatic heterocycles. The minimum Gasteiger partial charge on any atom is -0.319 e. The highest BCUT2D eigenvalue weighted by atomic mass is 35.5. The first-order valence-corrected chi connectivity index (χ1v) is 6.62. The van der Waals surface area contributed by atoms with Crippen molar-refractivity contribution < 1.29 is 9.18 Å². The molecule has 0 atom stereocenters. The number of amides is 1. The van der Waals surface area contributed by atoms with E-state index >= 15 is 0 Å². The Morgan fingerprint density at radius 1 is 1.23 bits per heavy atom. The average Bonchev–Trinajstić information content (AvgIpc) is 3.04. The number of aromatic nitrogens is 4. The molecule has 0 saturated carbocycles. The monoisotopic (exact) mass is 317 g/mol. The molecule has 0 bridgehead atoms. The summed E-state index contributed by atoms with van der Waals surface area (Å²) in [5.74, 6) is -1.09. The molecule has 1 aromatic heterocycles. The molecule has 0 aliphatic rings. The Morgan fingerprint density at radius 3 is 2.77 bits per heavy atom. The van der Waals surface area contributed by atoms with Crippen molar-refractivity contribution in [2.75, 3.05) is 5.32 Å². The minimum absolute atomic E-state index is 0.0425. The van der Waals surface area contributed by atoms with Crippen LogP contribution in [0.2, 0.25) is 5.02 Å². The van der Waals surface area contributed by atoms with E-state index in [1.807, 2.05) is 0 Å². The van der Waals surface area contributed by atoms with Crippen LogP contribution in [0.4, 0.5) is 10.1 Å². The first-order valence-electron chi connectivity index (χ1n) is 6.24. The van der Waals surface area contributed by atoms with Crippen LogP contribution in [0.5, 0.6) is 0 Å². The van der Waals surface area contributed by atoms with Crippen molar-refractivity contribution in [1.29, 1.82) is 0 Å². The summed E-state index contributed by atoms with van der Waals surface area (Å²) in [5.41, 5.74) is 0.837. The molecule has 0 aliphatic carbocycles. The lowest BCUT2D eigenvalue weighted by molar-refractivity contribution is 0.102. The van der Waals surface area contributed by atoms with Gasteiger partial charge in [0.05, 0.1) is 16.9 Å². The number of carbonyl (C=O) groups is 1. The highest BCUT2D eigenvalue weighted by molar-refractivity contribution is 6.30. The highest BCUT2D eigenvalue weighted by Gasteiger charge is 2.15. The van der Waals surface area contributed by atoms with E-state index in [0.29, 0.717) is 11.3 Å². The van der Waals surface area contributed by atoms with E-state index in [-0.39, 0.29) is 10.7 Å². The number of nitrogens with zero attached hydrogens (tertiary/aromatic N) is 4. The number of rotatable bonds is 3. The maximum absolute atomic E-state index is 13.8. The van der Waals surface area contributed by atoms with Gasteiger partial charge in [0.2, 0.25) is 0 Å². The largest absolute Gasteiger partial charge is 0.319 e. The number of hydrogen-bond acceptors (Lipinski definition) is 4. The Hall–Kier alpha value is -2.80. The van der Waals surface area contributed by atoms with Gasteiger partial charge in [0, 0.05) is 5.02 Å². The predicted molar refractivity (Wildman–Crippen MR) is 78.5 cm³/mol. The van der Waals surface area contributed by atoms with Crippen LogP contribution in [0.1, 0.15) is 10.4 Å². The number of benzene rings is 2. The number of hydrogen-bond donors (Lipinski definition) is 1. The number of carbonyl (C=O) groups excluding carboxylic acids is 1. The van der Waals surface area contributed by atoms with Gasteiger partial charge >= 0.3 is 0 Å². The molecule has 0 unspecified atom stereocenters. The van der Waals surface area contributed by atoms with E-state index in [2.05, 4.69) is 20.8 Å². The third kappa shape index (κ3) is 2.79. The molecule has 8 heteroatoms. The number of tetrazole rings is 1.